The van der Waals surface area contributed by atoms with Crippen LogP contribution in [0.15, 0.2) is 48.5 Å². The lowest BCUT2D eigenvalue weighted by atomic mass is 9.92. The molecule has 176 valence electrons. The molecule has 9 heteroatoms. The van der Waals surface area contributed by atoms with Crippen LogP contribution in [-0.2, 0) is 10.3 Å². The first-order valence-corrected chi connectivity index (χ1v) is 11.0. The molecule has 2 aromatic rings. The number of piperazine rings is 1. The number of imide groups is 1. The quantitative estimate of drug-likeness (QED) is 0.618. The van der Waals surface area contributed by atoms with E-state index in [0.29, 0.717) is 12.1 Å². The molecule has 2 heterocycles. The number of urea groups is 1. The Kier molecular flexibility index (Phi) is 6.53. The van der Waals surface area contributed by atoms with E-state index in [0.717, 1.165) is 42.5 Å². The molecule has 2 aliphatic heterocycles. The summed E-state index contributed by atoms with van der Waals surface area (Å²) in [5.74, 6) is -0.162. The van der Waals surface area contributed by atoms with Crippen molar-refractivity contribution in [1.29, 1.82) is 0 Å². The molecule has 2 fully saturated rings. The standard InChI is InChI=1S/C24H29FN4O4/c1-24(17-6-5-7-18(25)14-17)22(31)29(23(32)26-24)16-19(30)15-27-10-12-28(13-11-27)20-8-3-4-9-21(20)33-2/h3-9,14,19,30H,10-13,15-16H2,1-2H3,(H,26,32). The Morgan fingerprint density at radius 1 is 1.09 bits per heavy atom. The number of aliphatic hydroxyl groups excluding tert-OH is 1. The van der Waals surface area contributed by atoms with Gasteiger partial charge in [-0.3, -0.25) is 14.6 Å². The molecule has 4 rings (SSSR count). The van der Waals surface area contributed by atoms with Crippen molar-refractivity contribution in [2.24, 2.45) is 0 Å². The largest absolute Gasteiger partial charge is 0.495 e. The number of β-amino-alcohol motifs (C(OH)–C–C–N with tert-alkyl or cyclic N) is 1. The van der Waals surface area contributed by atoms with Gasteiger partial charge in [0.1, 0.15) is 17.1 Å². The van der Waals surface area contributed by atoms with Crippen LogP contribution >= 0.6 is 0 Å². The van der Waals surface area contributed by atoms with Gasteiger partial charge in [-0.25, -0.2) is 9.18 Å². The molecule has 0 spiro atoms. The maximum atomic E-state index is 13.7. The van der Waals surface area contributed by atoms with Crippen LogP contribution in [0, 0.1) is 5.82 Å². The molecule has 2 saturated heterocycles. The zero-order valence-corrected chi connectivity index (χ0v) is 18.8. The van der Waals surface area contributed by atoms with Gasteiger partial charge in [-0.1, -0.05) is 24.3 Å². The Labute approximate surface area is 192 Å². The zero-order chi connectivity index (χ0) is 23.6. The average Bonchev–Trinajstić information content (AvgIpc) is 3.03. The third-order valence-electron chi connectivity index (χ3n) is 6.34. The van der Waals surface area contributed by atoms with E-state index in [1.807, 2.05) is 24.3 Å². The van der Waals surface area contributed by atoms with E-state index >= 15 is 0 Å². The average molecular weight is 457 g/mol. The fourth-order valence-electron chi connectivity index (χ4n) is 4.49. The molecule has 2 aliphatic rings. The van der Waals surface area contributed by atoms with Crippen molar-refractivity contribution in [3.63, 3.8) is 0 Å². The van der Waals surface area contributed by atoms with Crippen molar-refractivity contribution >= 4 is 17.6 Å². The molecule has 2 unspecified atom stereocenters. The summed E-state index contributed by atoms with van der Waals surface area (Å²) >= 11 is 0. The molecule has 0 aliphatic carbocycles. The molecule has 8 nitrogen and oxygen atoms in total. The number of anilines is 1. The second-order valence-electron chi connectivity index (χ2n) is 8.59. The van der Waals surface area contributed by atoms with E-state index in [4.69, 9.17) is 4.74 Å². The molecule has 2 aromatic carbocycles. The van der Waals surface area contributed by atoms with Gasteiger partial charge in [0.2, 0.25) is 0 Å². The third kappa shape index (κ3) is 4.65. The highest BCUT2D eigenvalue weighted by Gasteiger charge is 2.49. The number of carbonyl (C=O) groups is 2. The molecule has 3 amide bonds. The second-order valence-corrected chi connectivity index (χ2v) is 8.59. The lowest BCUT2D eigenvalue weighted by molar-refractivity contribution is -0.132. The van der Waals surface area contributed by atoms with Gasteiger partial charge in [-0.15, -0.1) is 0 Å². The predicted octanol–water partition coefficient (Wildman–Crippen LogP) is 1.78. The monoisotopic (exact) mass is 456 g/mol. The lowest BCUT2D eigenvalue weighted by Gasteiger charge is -2.37. The Morgan fingerprint density at radius 3 is 2.52 bits per heavy atom. The van der Waals surface area contributed by atoms with Crippen molar-refractivity contribution in [2.75, 3.05) is 51.3 Å². The summed E-state index contributed by atoms with van der Waals surface area (Å²) < 4.78 is 19.1. The van der Waals surface area contributed by atoms with Crippen molar-refractivity contribution in [3.05, 3.63) is 59.9 Å². The minimum atomic E-state index is -1.36. The number of hydrogen-bond acceptors (Lipinski definition) is 6. The number of benzene rings is 2. The highest BCUT2D eigenvalue weighted by atomic mass is 19.1. The molecule has 33 heavy (non-hydrogen) atoms. The number of hydrogen-bond donors (Lipinski definition) is 2. The first-order chi connectivity index (χ1) is 15.8. The van der Waals surface area contributed by atoms with Gasteiger partial charge in [0.15, 0.2) is 0 Å². The number of rotatable bonds is 7. The van der Waals surface area contributed by atoms with Crippen LogP contribution in [0.2, 0.25) is 0 Å². The number of halogens is 1. The summed E-state index contributed by atoms with van der Waals surface area (Å²) in [5.41, 5.74) is 0.0423. The molecular formula is C24H29FN4O4. The highest BCUT2D eigenvalue weighted by molar-refractivity contribution is 6.07. The fourth-order valence-corrected chi connectivity index (χ4v) is 4.49. The summed E-state index contributed by atoms with van der Waals surface area (Å²) in [5, 5.41) is 13.3. The van der Waals surface area contributed by atoms with Gasteiger partial charge < -0.3 is 20.1 Å². The predicted molar refractivity (Wildman–Crippen MR) is 122 cm³/mol. The van der Waals surface area contributed by atoms with Crippen LogP contribution in [0.5, 0.6) is 5.75 Å². The number of amides is 3. The number of nitrogens with zero attached hydrogens (tertiary/aromatic N) is 3. The van der Waals surface area contributed by atoms with Gasteiger partial charge in [-0.2, -0.15) is 0 Å². The number of methoxy groups -OCH3 is 1. The first kappa shape index (κ1) is 23.0. The van der Waals surface area contributed by atoms with Crippen molar-refractivity contribution in [3.8, 4) is 5.75 Å². The first-order valence-electron chi connectivity index (χ1n) is 11.0. The van der Waals surface area contributed by atoms with E-state index in [2.05, 4.69) is 15.1 Å². The Balaban J connectivity index is 1.33. The number of carbonyl (C=O) groups excluding carboxylic acids is 2. The minimum absolute atomic E-state index is 0.123. The van der Waals surface area contributed by atoms with Crippen LogP contribution in [0.1, 0.15) is 12.5 Å². The maximum Gasteiger partial charge on any atom is 0.325 e. The van der Waals surface area contributed by atoms with Crippen molar-refractivity contribution in [2.45, 2.75) is 18.6 Å². The number of para-hydroxylation sites is 2. The summed E-state index contributed by atoms with van der Waals surface area (Å²) in [6.45, 7) is 4.77. The molecule has 0 saturated carbocycles. The number of nitrogens with one attached hydrogen (secondary N) is 1. The molecule has 0 aromatic heterocycles. The Morgan fingerprint density at radius 2 is 1.82 bits per heavy atom. The van der Waals surface area contributed by atoms with E-state index in [1.165, 1.54) is 18.2 Å². The summed E-state index contributed by atoms with van der Waals surface area (Å²) in [6.07, 6.45) is -0.896. The highest BCUT2D eigenvalue weighted by Crippen LogP contribution is 2.30. The molecule has 2 N–H and O–H groups in total. The molecule has 0 bridgehead atoms. The van der Waals surface area contributed by atoms with Gasteiger partial charge in [0.25, 0.3) is 5.91 Å². The fraction of sp³-hybridized carbons (Fsp3) is 0.417. The van der Waals surface area contributed by atoms with E-state index < -0.39 is 29.4 Å². The molecule has 0 radical (unpaired) electrons. The van der Waals surface area contributed by atoms with E-state index in [-0.39, 0.29) is 6.54 Å². The normalized spacial score (nSPS) is 22.4. The SMILES string of the molecule is COc1ccccc1N1CCN(CC(O)CN2C(=O)NC(C)(c3cccc(F)c3)C2=O)CC1. The van der Waals surface area contributed by atoms with Crippen LogP contribution < -0.4 is 15.0 Å². The van der Waals surface area contributed by atoms with Crippen LogP contribution in [0.25, 0.3) is 0 Å². The van der Waals surface area contributed by atoms with Crippen molar-refractivity contribution in [1.82, 2.24) is 15.1 Å². The maximum absolute atomic E-state index is 13.7. The zero-order valence-electron chi connectivity index (χ0n) is 18.8. The summed E-state index contributed by atoms with van der Waals surface area (Å²) in [6, 6.07) is 12.9. The second kappa shape index (κ2) is 9.36. The van der Waals surface area contributed by atoms with Gasteiger partial charge in [-0.05, 0) is 36.8 Å². The summed E-state index contributed by atoms with van der Waals surface area (Å²) in [4.78, 5) is 30.9. The van der Waals surface area contributed by atoms with Gasteiger partial charge >= 0.3 is 6.03 Å². The number of ether oxygens (including phenoxy) is 1. The topological polar surface area (TPSA) is 85.3 Å². The smallest absolute Gasteiger partial charge is 0.325 e. The van der Waals surface area contributed by atoms with E-state index in [1.54, 1.807) is 20.1 Å². The van der Waals surface area contributed by atoms with Crippen LogP contribution in [0.4, 0.5) is 14.9 Å². The lowest BCUT2D eigenvalue weighted by Crippen LogP contribution is -2.50. The molecular weight excluding hydrogens is 427 g/mol. The Bertz CT molecular complexity index is 1030. The minimum Gasteiger partial charge on any atom is -0.495 e. The Hall–Kier alpha value is -3.17. The third-order valence-corrected chi connectivity index (χ3v) is 6.34. The van der Waals surface area contributed by atoms with Gasteiger partial charge in [0.05, 0.1) is 25.4 Å². The molecule has 2 atom stereocenters. The summed E-state index contributed by atoms with van der Waals surface area (Å²) in [7, 11) is 1.65. The van der Waals surface area contributed by atoms with E-state index in [9.17, 15) is 19.1 Å². The van der Waals surface area contributed by atoms with Crippen LogP contribution in [-0.4, -0.2) is 79.3 Å². The van der Waals surface area contributed by atoms with Crippen LogP contribution in [0.3, 0.4) is 0 Å². The van der Waals surface area contributed by atoms with Gasteiger partial charge in [0, 0.05) is 32.7 Å². The van der Waals surface area contributed by atoms with Crippen molar-refractivity contribution < 1.29 is 23.8 Å². The number of aliphatic hydroxyl groups is 1.